The Bertz CT molecular complexity index is 641. The van der Waals surface area contributed by atoms with Gasteiger partial charge in [-0.15, -0.1) is 6.58 Å². The van der Waals surface area contributed by atoms with Crippen molar-refractivity contribution >= 4 is 13.3 Å². The van der Waals surface area contributed by atoms with Crippen LogP contribution in [0.1, 0.15) is 51.5 Å². The fourth-order valence-corrected chi connectivity index (χ4v) is 6.92. The molecule has 6 heteroatoms. The molecule has 0 amide bonds. The Morgan fingerprint density at radius 1 is 1.10 bits per heavy atom. The van der Waals surface area contributed by atoms with Crippen molar-refractivity contribution in [1.82, 2.24) is 4.90 Å². The number of nitrogens with zero attached hydrogens (tertiary/aromatic N) is 1. The average molecular weight is 428 g/mol. The van der Waals surface area contributed by atoms with Crippen LogP contribution >= 0.6 is 0 Å². The van der Waals surface area contributed by atoms with E-state index in [1.807, 2.05) is 11.8 Å². The van der Waals surface area contributed by atoms with Gasteiger partial charge in [-0.3, -0.25) is 4.90 Å². The predicted octanol–water partition coefficient (Wildman–Crippen LogP) is 5.78. The number of morpholine rings is 1. The molecular weight excluding hydrogens is 391 g/mol. The van der Waals surface area contributed by atoms with Gasteiger partial charge in [0.05, 0.1) is 17.8 Å². The molecule has 1 fully saturated rings. The molecule has 29 heavy (non-hydrogen) atoms. The molecule has 3 atom stereocenters. The van der Waals surface area contributed by atoms with Crippen molar-refractivity contribution < 1.29 is 17.9 Å². The van der Waals surface area contributed by atoms with Crippen molar-refractivity contribution in [3.63, 3.8) is 0 Å². The number of hydrogen-bond donors (Lipinski definition) is 0. The molecule has 1 aromatic carbocycles. The highest BCUT2D eigenvalue weighted by atomic mass is 28.3. The first-order valence-electron chi connectivity index (χ1n) is 10.8. The summed E-state index contributed by atoms with van der Waals surface area (Å²) in [5.74, 6) is 0. The number of rotatable bonds is 10. The van der Waals surface area contributed by atoms with Gasteiger partial charge in [-0.05, 0) is 26.8 Å². The van der Waals surface area contributed by atoms with Crippen molar-refractivity contribution in [2.75, 3.05) is 19.6 Å². The lowest BCUT2D eigenvalue weighted by atomic mass is 10.1. The number of alkyl halides is 3. The van der Waals surface area contributed by atoms with Crippen LogP contribution in [-0.4, -0.2) is 44.8 Å². The third-order valence-corrected chi connectivity index (χ3v) is 9.89. The summed E-state index contributed by atoms with van der Waals surface area (Å²) in [6, 6.07) is 6.81. The first kappa shape index (κ1) is 24.2. The minimum Gasteiger partial charge on any atom is -0.373 e. The highest BCUT2D eigenvalue weighted by Crippen LogP contribution is 2.29. The SMILES string of the molecule is C=C[Si](C)(CCCCCCCN1CC(C)OC(C)C1)c1cccc(C(F)(F)F)c1. The average Bonchev–Trinajstić information content (AvgIpc) is 2.65. The second-order valence-corrected chi connectivity index (χ2v) is 13.1. The molecule has 1 saturated heterocycles. The number of hydrogen-bond acceptors (Lipinski definition) is 2. The minimum atomic E-state index is -4.29. The summed E-state index contributed by atoms with van der Waals surface area (Å²) in [5.41, 5.74) is 1.38. The molecule has 0 bridgehead atoms. The molecule has 2 nitrogen and oxygen atoms in total. The molecule has 1 aliphatic rings. The Morgan fingerprint density at radius 3 is 2.34 bits per heavy atom. The van der Waals surface area contributed by atoms with Crippen LogP contribution < -0.4 is 5.19 Å². The molecule has 164 valence electrons. The fourth-order valence-electron chi connectivity index (χ4n) is 4.24. The quantitative estimate of drug-likeness (QED) is 0.347. The van der Waals surface area contributed by atoms with Gasteiger partial charge < -0.3 is 4.74 Å². The summed E-state index contributed by atoms with van der Waals surface area (Å²) in [6.45, 7) is 13.5. The summed E-state index contributed by atoms with van der Waals surface area (Å²) in [7, 11) is -2.08. The first-order chi connectivity index (χ1) is 13.6. The highest BCUT2D eigenvalue weighted by Gasteiger charge is 2.33. The van der Waals surface area contributed by atoms with Crippen molar-refractivity contribution in [1.29, 1.82) is 0 Å². The van der Waals surface area contributed by atoms with Gasteiger partial charge in [0.25, 0.3) is 0 Å². The molecule has 2 rings (SSSR count). The van der Waals surface area contributed by atoms with Gasteiger partial charge in [0, 0.05) is 13.1 Å². The van der Waals surface area contributed by atoms with Crippen LogP contribution in [0.2, 0.25) is 12.6 Å². The van der Waals surface area contributed by atoms with E-state index in [2.05, 4.69) is 31.9 Å². The lowest BCUT2D eigenvalue weighted by Crippen LogP contribution is -2.45. The summed E-state index contributed by atoms with van der Waals surface area (Å²) in [5, 5.41) is 0.831. The van der Waals surface area contributed by atoms with Crippen LogP contribution in [0.3, 0.4) is 0 Å². The van der Waals surface area contributed by atoms with Crippen LogP contribution in [-0.2, 0) is 10.9 Å². The Kier molecular flexibility index (Phi) is 8.98. The molecule has 0 aromatic heterocycles. The smallest absolute Gasteiger partial charge is 0.373 e. The lowest BCUT2D eigenvalue weighted by molar-refractivity contribution is -0.137. The molecule has 1 aliphatic heterocycles. The zero-order valence-electron chi connectivity index (χ0n) is 18.1. The Hall–Kier alpha value is -1.11. The number of ether oxygens (including phenoxy) is 1. The Morgan fingerprint density at radius 2 is 1.72 bits per heavy atom. The maximum atomic E-state index is 13.0. The monoisotopic (exact) mass is 427 g/mol. The third kappa shape index (κ3) is 7.57. The van der Waals surface area contributed by atoms with E-state index in [0.717, 1.165) is 49.8 Å². The second kappa shape index (κ2) is 10.8. The molecule has 0 saturated carbocycles. The normalized spacial score (nSPS) is 23.0. The predicted molar refractivity (Wildman–Crippen MR) is 117 cm³/mol. The van der Waals surface area contributed by atoms with Gasteiger partial charge in [0.15, 0.2) is 0 Å². The van der Waals surface area contributed by atoms with Crippen LogP contribution in [0.4, 0.5) is 13.2 Å². The van der Waals surface area contributed by atoms with Crippen molar-refractivity contribution in [2.45, 2.75) is 76.9 Å². The Balaban J connectivity index is 1.72. The van der Waals surface area contributed by atoms with Crippen LogP contribution in [0.5, 0.6) is 0 Å². The number of benzene rings is 1. The van der Waals surface area contributed by atoms with E-state index in [1.54, 1.807) is 0 Å². The van der Waals surface area contributed by atoms with E-state index < -0.39 is 19.8 Å². The van der Waals surface area contributed by atoms with Crippen molar-refractivity contribution in [2.24, 2.45) is 0 Å². The van der Waals surface area contributed by atoms with E-state index in [4.69, 9.17) is 4.74 Å². The van der Waals surface area contributed by atoms with Gasteiger partial charge in [-0.2, -0.15) is 13.2 Å². The largest absolute Gasteiger partial charge is 0.416 e. The van der Waals surface area contributed by atoms with Gasteiger partial charge in [-0.1, -0.05) is 73.4 Å². The second-order valence-electron chi connectivity index (χ2n) is 8.73. The highest BCUT2D eigenvalue weighted by molar-refractivity contribution is 6.94. The van der Waals surface area contributed by atoms with E-state index in [0.29, 0.717) is 12.2 Å². The molecular formula is C23H36F3NOSi. The van der Waals surface area contributed by atoms with Crippen LogP contribution in [0, 0.1) is 0 Å². The van der Waals surface area contributed by atoms with E-state index >= 15 is 0 Å². The topological polar surface area (TPSA) is 12.5 Å². The number of unbranched alkanes of at least 4 members (excludes halogenated alkanes) is 4. The van der Waals surface area contributed by atoms with E-state index in [9.17, 15) is 13.2 Å². The minimum absolute atomic E-state index is 0.316. The van der Waals surface area contributed by atoms with Gasteiger partial charge in [0.2, 0.25) is 0 Å². The van der Waals surface area contributed by atoms with Gasteiger partial charge >= 0.3 is 6.18 Å². The molecule has 0 spiro atoms. The van der Waals surface area contributed by atoms with E-state index in [-0.39, 0.29) is 0 Å². The standard InChI is InChI=1S/C23H36F3NOSi/c1-5-29(4,22-13-11-12-21(16-22)23(24,25)26)15-10-8-6-7-9-14-27-17-19(2)28-20(3)18-27/h5,11-13,16,19-20H,1,6-10,14-15,17-18H2,2-4H3. The fraction of sp³-hybridized carbons (Fsp3) is 0.652. The van der Waals surface area contributed by atoms with Gasteiger partial charge in [-0.25, -0.2) is 0 Å². The molecule has 3 unspecified atom stereocenters. The van der Waals surface area contributed by atoms with Crippen molar-refractivity contribution in [3.05, 3.63) is 42.1 Å². The van der Waals surface area contributed by atoms with Crippen LogP contribution in [0.25, 0.3) is 0 Å². The molecule has 0 radical (unpaired) electrons. The summed E-state index contributed by atoms with van der Waals surface area (Å²) in [4.78, 5) is 2.49. The Labute approximate surface area is 175 Å². The zero-order valence-corrected chi connectivity index (χ0v) is 19.1. The van der Waals surface area contributed by atoms with Gasteiger partial charge in [0.1, 0.15) is 8.07 Å². The molecule has 1 aromatic rings. The summed E-state index contributed by atoms with van der Waals surface area (Å²) < 4.78 is 44.9. The van der Waals surface area contributed by atoms with Crippen molar-refractivity contribution in [3.8, 4) is 0 Å². The number of halogens is 3. The van der Waals surface area contributed by atoms with Crippen LogP contribution in [0.15, 0.2) is 36.5 Å². The first-order valence-corrected chi connectivity index (χ1v) is 13.6. The lowest BCUT2D eigenvalue weighted by Gasteiger charge is -2.35. The zero-order chi connectivity index (χ0) is 21.5. The maximum Gasteiger partial charge on any atom is 0.416 e. The molecule has 1 heterocycles. The van der Waals surface area contributed by atoms with E-state index in [1.165, 1.54) is 31.4 Å². The summed E-state index contributed by atoms with van der Waals surface area (Å²) in [6.07, 6.45) is 2.11. The molecule has 0 aliphatic carbocycles. The maximum absolute atomic E-state index is 13.0. The summed E-state index contributed by atoms with van der Waals surface area (Å²) >= 11 is 0. The molecule has 0 N–H and O–H groups in total. The third-order valence-electron chi connectivity index (χ3n) is 5.97.